The Labute approximate surface area is 304 Å². The Morgan fingerprint density at radius 1 is 0.462 bits per heavy atom. The van der Waals surface area contributed by atoms with Crippen LogP contribution in [0.4, 0.5) is 0 Å². The van der Waals surface area contributed by atoms with Gasteiger partial charge in [0.05, 0.1) is 22.6 Å². The summed E-state index contributed by atoms with van der Waals surface area (Å²) in [4.78, 5) is 10.4. The molecular formula is C46H37BN2O3. The average molecular weight is 677 g/mol. The van der Waals surface area contributed by atoms with Crippen molar-refractivity contribution in [2.45, 2.75) is 38.9 Å². The van der Waals surface area contributed by atoms with Gasteiger partial charge in [-0.2, -0.15) is 0 Å². The van der Waals surface area contributed by atoms with Gasteiger partial charge in [0.15, 0.2) is 5.82 Å². The van der Waals surface area contributed by atoms with Crippen LogP contribution >= 0.6 is 0 Å². The summed E-state index contributed by atoms with van der Waals surface area (Å²) in [5.41, 5.74) is 10.7. The Morgan fingerprint density at radius 3 is 1.77 bits per heavy atom. The molecule has 0 amide bonds. The molecule has 6 heteroatoms. The molecular weight excluding hydrogens is 639 g/mol. The Bertz CT molecular complexity index is 2590. The van der Waals surface area contributed by atoms with E-state index in [0.717, 1.165) is 77.7 Å². The summed E-state index contributed by atoms with van der Waals surface area (Å²) in [6.07, 6.45) is 0. The zero-order chi connectivity index (χ0) is 35.5. The summed E-state index contributed by atoms with van der Waals surface area (Å²) in [6.45, 7) is 8.29. The van der Waals surface area contributed by atoms with Crippen LogP contribution in [0.1, 0.15) is 27.7 Å². The van der Waals surface area contributed by atoms with E-state index in [-0.39, 0.29) is 0 Å². The molecule has 5 nitrogen and oxygen atoms in total. The molecule has 1 saturated heterocycles. The van der Waals surface area contributed by atoms with E-state index in [1.54, 1.807) is 0 Å². The standard InChI is InChI=1S/C46H37BN2O3/c1-45(2)46(3,4)52-47(51-45)36-21-12-20-35(28-36)44-48-40(33-18-10-16-31(26-33)30-14-6-5-7-15-30)29-41(49-44)34-19-11-17-32(27-34)37-23-13-24-39-38-22-8-9-25-42(38)50-43(37)39/h5-29H,1-4H3. The van der Waals surface area contributed by atoms with Crippen LogP contribution in [-0.2, 0) is 9.31 Å². The van der Waals surface area contributed by atoms with Crippen molar-refractivity contribution in [3.63, 3.8) is 0 Å². The highest BCUT2D eigenvalue weighted by atomic mass is 16.7. The van der Waals surface area contributed by atoms with Crippen LogP contribution < -0.4 is 5.46 Å². The van der Waals surface area contributed by atoms with E-state index in [1.165, 1.54) is 0 Å². The number of rotatable bonds is 6. The molecule has 3 heterocycles. The van der Waals surface area contributed by atoms with Gasteiger partial charge in [-0.15, -0.1) is 0 Å². The molecule has 0 saturated carbocycles. The van der Waals surface area contributed by atoms with Crippen molar-refractivity contribution in [3.05, 3.63) is 152 Å². The highest BCUT2D eigenvalue weighted by molar-refractivity contribution is 6.62. The van der Waals surface area contributed by atoms with Crippen molar-refractivity contribution >= 4 is 34.5 Å². The van der Waals surface area contributed by atoms with Crippen LogP contribution in [0.25, 0.3) is 78.1 Å². The lowest BCUT2D eigenvalue weighted by atomic mass is 9.78. The molecule has 252 valence electrons. The van der Waals surface area contributed by atoms with Crippen LogP contribution in [0.15, 0.2) is 156 Å². The van der Waals surface area contributed by atoms with Crippen LogP contribution in [0.5, 0.6) is 0 Å². The molecule has 1 aliphatic rings. The van der Waals surface area contributed by atoms with E-state index in [4.69, 9.17) is 23.7 Å². The minimum atomic E-state index is -0.493. The van der Waals surface area contributed by atoms with Crippen molar-refractivity contribution in [3.8, 4) is 56.2 Å². The fourth-order valence-corrected chi connectivity index (χ4v) is 6.98. The number of fused-ring (bicyclic) bond motifs is 3. The maximum atomic E-state index is 6.42. The fourth-order valence-electron chi connectivity index (χ4n) is 6.98. The second kappa shape index (κ2) is 12.4. The number of nitrogens with zero attached hydrogens (tertiary/aromatic N) is 2. The Kier molecular flexibility index (Phi) is 7.69. The maximum Gasteiger partial charge on any atom is 0.494 e. The van der Waals surface area contributed by atoms with Gasteiger partial charge in [-0.3, -0.25) is 0 Å². The maximum absolute atomic E-state index is 6.42. The minimum Gasteiger partial charge on any atom is -0.455 e. The summed E-state index contributed by atoms with van der Waals surface area (Å²) < 4.78 is 19.3. The molecule has 0 aliphatic carbocycles. The molecule has 8 aromatic rings. The first-order valence-corrected chi connectivity index (χ1v) is 17.7. The lowest BCUT2D eigenvalue weighted by Crippen LogP contribution is -2.41. The van der Waals surface area contributed by atoms with E-state index in [1.807, 2.05) is 30.3 Å². The topological polar surface area (TPSA) is 57.4 Å². The van der Waals surface area contributed by atoms with Gasteiger partial charge < -0.3 is 13.7 Å². The van der Waals surface area contributed by atoms with E-state index >= 15 is 0 Å². The van der Waals surface area contributed by atoms with Crippen LogP contribution in [0.3, 0.4) is 0 Å². The van der Waals surface area contributed by atoms with Crippen LogP contribution in [-0.4, -0.2) is 28.3 Å². The summed E-state index contributed by atoms with van der Waals surface area (Å²) in [7, 11) is -0.493. The largest absolute Gasteiger partial charge is 0.494 e. The first kappa shape index (κ1) is 32.1. The molecule has 6 aromatic carbocycles. The van der Waals surface area contributed by atoms with Crippen LogP contribution in [0.2, 0.25) is 0 Å². The quantitative estimate of drug-likeness (QED) is 0.164. The van der Waals surface area contributed by atoms with Gasteiger partial charge in [0.2, 0.25) is 0 Å². The number of furan rings is 1. The summed E-state index contributed by atoms with van der Waals surface area (Å²) in [5, 5.41) is 2.21. The zero-order valence-electron chi connectivity index (χ0n) is 29.6. The van der Waals surface area contributed by atoms with Crippen molar-refractivity contribution < 1.29 is 13.7 Å². The van der Waals surface area contributed by atoms with Crippen molar-refractivity contribution in [1.82, 2.24) is 9.97 Å². The number of benzene rings is 6. The van der Waals surface area contributed by atoms with Gasteiger partial charge in [-0.25, -0.2) is 9.97 Å². The Hall–Kier alpha value is -5.82. The van der Waals surface area contributed by atoms with Gasteiger partial charge in [0.1, 0.15) is 11.2 Å². The molecule has 2 aromatic heterocycles. The second-order valence-electron chi connectivity index (χ2n) is 14.5. The fraction of sp³-hybridized carbons (Fsp3) is 0.130. The van der Waals surface area contributed by atoms with Crippen molar-refractivity contribution in [2.75, 3.05) is 0 Å². The summed E-state index contributed by atoms with van der Waals surface area (Å²) >= 11 is 0. The molecule has 1 fully saturated rings. The molecule has 9 rings (SSSR count). The molecule has 0 N–H and O–H groups in total. The third-order valence-corrected chi connectivity index (χ3v) is 10.5. The number of para-hydroxylation sites is 2. The lowest BCUT2D eigenvalue weighted by Gasteiger charge is -2.32. The SMILES string of the molecule is CC1(C)OB(c2cccc(-c3nc(-c4cccc(-c5ccccc5)c4)cc(-c4cccc(-c5cccc6c5oc5ccccc56)c4)n3)c2)OC1(C)C. The number of hydrogen-bond acceptors (Lipinski definition) is 5. The molecule has 0 spiro atoms. The first-order valence-electron chi connectivity index (χ1n) is 17.7. The predicted octanol–water partition coefficient (Wildman–Crippen LogP) is 11.0. The smallest absolute Gasteiger partial charge is 0.455 e. The Morgan fingerprint density at radius 2 is 1.02 bits per heavy atom. The van der Waals surface area contributed by atoms with Gasteiger partial charge >= 0.3 is 7.12 Å². The van der Waals surface area contributed by atoms with Gasteiger partial charge in [0.25, 0.3) is 0 Å². The van der Waals surface area contributed by atoms with Crippen LogP contribution in [0, 0.1) is 0 Å². The van der Waals surface area contributed by atoms with E-state index in [9.17, 15) is 0 Å². The third kappa shape index (κ3) is 5.70. The van der Waals surface area contributed by atoms with Gasteiger partial charge in [-0.1, -0.05) is 127 Å². The Balaban J connectivity index is 1.18. The molecule has 0 bridgehead atoms. The third-order valence-electron chi connectivity index (χ3n) is 10.5. The average Bonchev–Trinajstić information content (AvgIpc) is 3.67. The highest BCUT2D eigenvalue weighted by Gasteiger charge is 2.51. The first-order chi connectivity index (χ1) is 25.2. The van der Waals surface area contributed by atoms with E-state index < -0.39 is 18.3 Å². The molecule has 0 radical (unpaired) electrons. The zero-order valence-corrected chi connectivity index (χ0v) is 29.6. The second-order valence-corrected chi connectivity index (χ2v) is 14.5. The van der Waals surface area contributed by atoms with Gasteiger partial charge in [0, 0.05) is 33.0 Å². The normalized spacial score (nSPS) is 15.0. The predicted molar refractivity (Wildman–Crippen MR) is 212 cm³/mol. The van der Waals surface area contributed by atoms with Gasteiger partial charge in [-0.05, 0) is 74.1 Å². The van der Waals surface area contributed by atoms with E-state index in [0.29, 0.717) is 5.82 Å². The lowest BCUT2D eigenvalue weighted by molar-refractivity contribution is 0.00578. The molecule has 1 aliphatic heterocycles. The molecule has 0 unspecified atom stereocenters. The molecule has 0 atom stereocenters. The monoisotopic (exact) mass is 676 g/mol. The van der Waals surface area contributed by atoms with Crippen molar-refractivity contribution in [2.24, 2.45) is 0 Å². The number of aromatic nitrogens is 2. The summed E-state index contributed by atoms with van der Waals surface area (Å²) in [5.74, 6) is 0.626. The van der Waals surface area contributed by atoms with E-state index in [2.05, 4.69) is 149 Å². The van der Waals surface area contributed by atoms with Crippen molar-refractivity contribution in [1.29, 1.82) is 0 Å². The molecule has 52 heavy (non-hydrogen) atoms. The summed E-state index contributed by atoms with van der Waals surface area (Å²) in [6, 6.07) is 52.3. The highest BCUT2D eigenvalue weighted by Crippen LogP contribution is 2.39. The minimum absolute atomic E-state index is 0.446. The number of hydrogen-bond donors (Lipinski definition) is 0.